The summed E-state index contributed by atoms with van der Waals surface area (Å²) in [5.74, 6) is 1.77. The number of halogens is 3. The van der Waals surface area contributed by atoms with Crippen molar-refractivity contribution in [2.45, 2.75) is 218 Å². The van der Waals surface area contributed by atoms with Crippen LogP contribution in [0.25, 0.3) is 0 Å². The molecular formula is C98H145AlCl2ILiN17O9S3. The number of nitrogens with zero attached hydrogens (tertiary/aromatic N) is 12. The number of amides is 3. The van der Waals surface area contributed by atoms with E-state index in [4.69, 9.17) is 44.1 Å². The molecule has 0 spiro atoms. The predicted molar refractivity (Wildman–Crippen MR) is 563 cm³/mol. The third kappa shape index (κ3) is 35.8. The molecular weight excluding hydrogens is 1890 g/mol. The third-order valence-electron chi connectivity index (χ3n) is 25.9. The number of nitrogens with one attached hydrogen (secondary N) is 2. The number of fused-ring (bicyclic) bond motifs is 5. The summed E-state index contributed by atoms with van der Waals surface area (Å²) in [6.45, 7) is 17.1. The first-order valence-electron chi connectivity index (χ1n) is 45.9. The molecule has 11 aliphatic rings. The average Bonchev–Trinajstić information content (AvgIpc) is 1.12. The topological polar surface area (TPSA) is 322 Å². The Morgan fingerprint density at radius 1 is 0.553 bits per heavy atom. The number of aliphatic hydroxyl groups is 1. The number of nitro groups is 2. The molecule has 5 atom stereocenters. The van der Waals surface area contributed by atoms with Gasteiger partial charge in [0.05, 0.1) is 25.3 Å². The molecule has 6 fully saturated rings. The molecule has 3 amide bonds. The number of non-ortho nitro benzene ring substituents is 2. The number of thiophene rings is 2. The van der Waals surface area contributed by atoms with Crippen molar-refractivity contribution in [2.24, 2.45) is 10.7 Å². The van der Waals surface area contributed by atoms with Gasteiger partial charge >= 0.3 is 18.9 Å². The smallest absolute Gasteiger partial charge is 0.552 e. The van der Waals surface area contributed by atoms with Gasteiger partial charge in [-0.2, -0.15) is 6.42 Å². The van der Waals surface area contributed by atoms with Crippen LogP contribution in [0.15, 0.2) is 131 Å². The standard InChI is InChI=1S/C21H28N4S.C16H21N3O3.C16H23N3O.C16H25N3.C9H8N2O3.C7H14ClN.C6H7NS2.C4H7O.C2H6O.CH4.Al.ClH.HI.Li/c1-24-11-3-6-18(24)10-13-25-12-2-5-16-15-17(8-9-19(16)25)23-21(22)20-7-4-14-26-20;1-17-9-2-3-13(17)8-10-18-15-6-5-14(19(21)22)11-12(15)4-7-16(18)20;1-18-9-2-3-14(18)8-10-19-15-6-5-13(17)11-12(15)4-7-16(19)20;1-18-9-3-5-15(18)8-11-19-10-2-4-13-12-14(17)6-7-16(13)19;12-9-4-1-6-5-7(11(13)14)2-3-8(6)10-9;1-9-6-2-3-7(9)4-5-8;1-8-6(7)5-3-2-4-9-5;1-2-4-5-3-1;1-2-3;;;;;/h4,7-9,14-15,18H,2-3,5-6,10-13H2,1H3,(H2,22,23);5-6,11,13H,2-4,7-10H2,1H3;5-6,11,14H,2-4,7-10,17H2,1H3;6-7,12,15H,2-5,8-11,17H2,1H3;2-3,5H,1,4H2,(H,10,12);7H,2-6H2,1H3;2-4,7H,1H3;3H,1-2,4H2;3H,2H2,1H3;1H4;;2*1H;/q;;;;;;;-1;;;;;;+1. The molecule has 132 heavy (non-hydrogen) atoms. The number of ether oxygens (including phenoxy) is 1. The summed E-state index contributed by atoms with van der Waals surface area (Å²) in [5, 5.41) is 43.6. The van der Waals surface area contributed by atoms with Gasteiger partial charge in [0.1, 0.15) is 10.9 Å². The number of aryl methyl sites for hydroxylation is 5. The fraction of sp³-hybridized carbons (Fsp3) is 0.551. The number of nitrogen functional groups attached to an aromatic ring is 2. The zero-order valence-electron chi connectivity index (χ0n) is 78.4. The Balaban J connectivity index is 0.000000273. The number of carbonyl (C=O) groups excluding carboxylic acids is 3. The summed E-state index contributed by atoms with van der Waals surface area (Å²) in [6.07, 6.45) is 31.4. The number of nitro benzene ring substituents is 2. The molecule has 26 nitrogen and oxygen atoms in total. The van der Waals surface area contributed by atoms with E-state index in [0.29, 0.717) is 67.3 Å². The minimum absolute atomic E-state index is 0. The molecule has 9 N–H and O–H groups in total. The summed E-state index contributed by atoms with van der Waals surface area (Å²) in [5.41, 5.74) is 31.9. The van der Waals surface area contributed by atoms with Crippen molar-refractivity contribution in [3.05, 3.63) is 190 Å². The van der Waals surface area contributed by atoms with E-state index in [-0.39, 0.29) is 121 Å². The Morgan fingerprint density at radius 3 is 1.36 bits per heavy atom. The molecule has 7 aromatic rings. The number of anilines is 7. The van der Waals surface area contributed by atoms with Crippen LogP contribution in [0.2, 0.25) is 0 Å². The molecule has 0 aliphatic carbocycles. The number of thioether (sulfide) groups is 1. The van der Waals surface area contributed by atoms with Crippen molar-refractivity contribution in [3.8, 4) is 0 Å². The van der Waals surface area contributed by atoms with Crippen molar-refractivity contribution >= 4 is 185 Å². The number of amidine groups is 1. The van der Waals surface area contributed by atoms with Gasteiger partial charge in [-0.05, 0) is 340 Å². The zero-order valence-corrected chi connectivity index (χ0v) is 85.9. The number of nitrogens with two attached hydrogens (primary N) is 3. The Kier molecular flexibility index (Phi) is 53.6. The molecule has 11 aliphatic heterocycles. The van der Waals surface area contributed by atoms with Gasteiger partial charge in [0.2, 0.25) is 17.7 Å². The van der Waals surface area contributed by atoms with E-state index < -0.39 is 4.92 Å². The molecule has 34 heteroatoms. The predicted octanol–water partition coefficient (Wildman–Crippen LogP) is 15.8. The molecule has 5 unspecified atom stereocenters. The number of aliphatic imine (C=N–C) groups is 1. The first-order valence-corrected chi connectivity index (χ1v) is 49.4. The quantitative estimate of drug-likeness (QED) is 0.00504. The summed E-state index contributed by atoms with van der Waals surface area (Å²) in [4.78, 5) is 83.8. The minimum Gasteiger partial charge on any atom is -0.552 e. The maximum atomic E-state index is 12.2. The van der Waals surface area contributed by atoms with Crippen LogP contribution in [-0.4, -0.2) is 248 Å². The Bertz CT molecular complexity index is 4680. The second-order valence-electron chi connectivity index (χ2n) is 34.6. The van der Waals surface area contributed by atoms with Gasteiger partial charge in [-0.15, -0.1) is 82.4 Å². The Morgan fingerprint density at radius 2 is 0.955 bits per heavy atom. The number of hydrogen-bond acceptors (Lipinski definition) is 23. The van der Waals surface area contributed by atoms with Crippen LogP contribution < -0.4 is 61.0 Å². The first kappa shape index (κ1) is 116. The Labute approximate surface area is 849 Å². The monoisotopic (exact) mass is 2030 g/mol. The van der Waals surface area contributed by atoms with Gasteiger partial charge in [-0.25, -0.2) is 11.6 Å². The van der Waals surface area contributed by atoms with Crippen molar-refractivity contribution in [2.75, 3.05) is 169 Å². The van der Waals surface area contributed by atoms with E-state index in [2.05, 4.69) is 110 Å². The number of hydrogen-bond donors (Lipinski definition) is 6. The van der Waals surface area contributed by atoms with Gasteiger partial charge in [0, 0.05) is 189 Å². The number of likely N-dealkylation sites (tertiary alicyclic amines) is 5. The van der Waals surface area contributed by atoms with Crippen LogP contribution in [0, 0.1) is 32.2 Å². The van der Waals surface area contributed by atoms with Crippen molar-refractivity contribution in [3.63, 3.8) is 0 Å². The zero-order chi connectivity index (χ0) is 90.7. The van der Waals surface area contributed by atoms with Gasteiger partial charge in [0.25, 0.3) is 11.4 Å². The maximum Gasteiger partial charge on any atom is 1.00 e. The van der Waals surface area contributed by atoms with Crippen LogP contribution in [0.4, 0.5) is 56.9 Å². The van der Waals surface area contributed by atoms with E-state index in [1.807, 2.05) is 82.0 Å². The molecule has 13 heterocycles. The molecule has 0 bridgehead atoms. The minimum atomic E-state index is -0.434. The number of carbonyl (C=O) groups is 3. The van der Waals surface area contributed by atoms with Crippen LogP contribution in [-0.2, 0) is 51.2 Å². The molecule has 6 saturated heterocycles. The van der Waals surface area contributed by atoms with E-state index in [1.165, 1.54) is 207 Å². The number of alkyl halides is 1. The van der Waals surface area contributed by atoms with E-state index >= 15 is 0 Å². The van der Waals surface area contributed by atoms with Crippen molar-refractivity contribution in [1.82, 2.24) is 24.5 Å². The van der Waals surface area contributed by atoms with Crippen molar-refractivity contribution in [1.29, 1.82) is 5.41 Å². The van der Waals surface area contributed by atoms with Gasteiger partial charge in [-0.1, -0.05) is 26.0 Å². The van der Waals surface area contributed by atoms with Crippen LogP contribution in [0.1, 0.15) is 193 Å². The van der Waals surface area contributed by atoms with Gasteiger partial charge in [0.15, 0.2) is 0 Å². The van der Waals surface area contributed by atoms with Crippen LogP contribution >= 0.6 is 82.4 Å². The summed E-state index contributed by atoms with van der Waals surface area (Å²) in [7, 11) is 11.0. The fourth-order valence-corrected chi connectivity index (χ4v) is 20.8. The van der Waals surface area contributed by atoms with Crippen LogP contribution in [0.3, 0.4) is 0 Å². The van der Waals surface area contributed by atoms with Gasteiger partial charge < -0.3 is 76.5 Å². The third-order valence-corrected chi connectivity index (χ3v) is 28.6. The number of benzene rings is 5. The maximum absolute atomic E-state index is 12.2. The summed E-state index contributed by atoms with van der Waals surface area (Å²) >= 11 is 10.3. The molecule has 0 saturated carbocycles. The Hall–Kier alpha value is -6.44. The van der Waals surface area contributed by atoms with Gasteiger partial charge in [-0.3, -0.25) is 40.0 Å². The van der Waals surface area contributed by atoms with E-state index in [0.717, 1.165) is 138 Å². The average molecular weight is 2030 g/mol. The van der Waals surface area contributed by atoms with Crippen molar-refractivity contribution < 1.29 is 52.9 Å². The van der Waals surface area contributed by atoms with E-state index in [9.17, 15) is 34.6 Å². The largest absolute Gasteiger partial charge is 1.00 e. The summed E-state index contributed by atoms with van der Waals surface area (Å²) in [6, 6.07) is 39.6. The number of rotatable bonds is 19. The number of aliphatic hydroxyl groups excluding tert-OH is 1. The molecule has 2 aromatic heterocycles. The fourth-order valence-electron chi connectivity index (χ4n) is 18.7. The SMILES string of the molecule is C.CCO.CN1CCCC1CCCl.CN1CCCC1CCN1C(=O)CCc2cc(N)ccc21.CN1CCCC1CCN1C(=O)CCc2cc([N+](=O)[O-])ccc21.CN1CCCC1CCN1CCCc2cc(N)ccc21.CN1CCCC1CCN1CCCc2cc(N=C(N)c3cccs3)ccc21.CSC(=N)c1cccs1.Cl.I.O=C1CCc2cc([N+](=O)[O-])ccc2N1.[Al].[CH-]1CCCO1.[Li+]. The second-order valence-corrected chi connectivity index (χ2v) is 37.7. The molecule has 18 rings (SSSR count). The molecule has 5 aromatic carbocycles. The molecule has 719 valence electrons. The molecule has 3 radical (unpaired) electrons. The van der Waals surface area contributed by atoms with Crippen LogP contribution in [0.5, 0.6) is 0 Å². The summed E-state index contributed by atoms with van der Waals surface area (Å²) < 4.78 is 4.82. The second kappa shape index (κ2) is 61.0. The van der Waals surface area contributed by atoms with E-state index in [1.54, 1.807) is 47.8 Å². The normalized spacial score (nSPS) is 20.0. The first-order chi connectivity index (χ1) is 61.4.